The van der Waals surface area contributed by atoms with Gasteiger partial charge in [-0.2, -0.15) is 0 Å². The molecule has 3 rings (SSSR count). The van der Waals surface area contributed by atoms with Crippen LogP contribution in [0.5, 0.6) is 17.2 Å². The second-order valence-electron chi connectivity index (χ2n) is 8.84. The van der Waals surface area contributed by atoms with Crippen LogP contribution in [0.25, 0.3) is 0 Å². The average Bonchev–Trinajstić information content (AvgIpc) is 3.09. The Labute approximate surface area is 193 Å². The Balaban J connectivity index is 2.12. The van der Waals surface area contributed by atoms with E-state index in [1.54, 1.807) is 27.5 Å². The third-order valence-electron chi connectivity index (χ3n) is 5.32. The van der Waals surface area contributed by atoms with Crippen molar-refractivity contribution in [3.63, 3.8) is 0 Å². The lowest BCUT2D eigenvalue weighted by atomic mass is 9.81. The molecule has 0 saturated carbocycles. The average molecular weight is 461 g/mol. The number of fused-ring (bicyclic) bond motifs is 1. The fraction of sp³-hybridized carbons (Fsp3) is 0.500. The van der Waals surface area contributed by atoms with Crippen molar-refractivity contribution in [3.05, 3.63) is 33.7 Å². The summed E-state index contributed by atoms with van der Waals surface area (Å²) < 4.78 is 21.7. The van der Waals surface area contributed by atoms with Crippen LogP contribution in [-0.4, -0.2) is 45.7 Å². The van der Waals surface area contributed by atoms with E-state index >= 15 is 0 Å². The zero-order valence-corrected chi connectivity index (χ0v) is 20.9. The zero-order chi connectivity index (χ0) is 23.7. The van der Waals surface area contributed by atoms with Crippen molar-refractivity contribution >= 4 is 28.5 Å². The minimum Gasteiger partial charge on any atom is -0.493 e. The summed E-state index contributed by atoms with van der Waals surface area (Å²) in [6.07, 6.45) is 2.42. The van der Waals surface area contributed by atoms with Crippen LogP contribution in [0.4, 0.5) is 5.00 Å². The maximum Gasteiger partial charge on any atom is 0.341 e. The predicted octanol–water partition coefficient (Wildman–Crippen LogP) is 4.86. The minimum absolute atomic E-state index is 0.156. The van der Waals surface area contributed by atoms with Crippen molar-refractivity contribution < 1.29 is 23.7 Å². The molecule has 0 unspecified atom stereocenters. The molecule has 1 N–H and O–H groups in total. The van der Waals surface area contributed by atoms with Crippen molar-refractivity contribution in [3.8, 4) is 17.2 Å². The van der Waals surface area contributed by atoms with Crippen LogP contribution in [0, 0.1) is 0 Å². The van der Waals surface area contributed by atoms with Gasteiger partial charge in [-0.25, -0.2) is 9.79 Å². The van der Waals surface area contributed by atoms with Gasteiger partial charge < -0.3 is 24.3 Å². The number of hydrogen-bond acceptors (Lipinski definition) is 8. The highest BCUT2D eigenvalue weighted by Crippen LogP contribution is 2.46. The second kappa shape index (κ2) is 9.11. The molecule has 174 valence electrons. The summed E-state index contributed by atoms with van der Waals surface area (Å²) in [4.78, 5) is 18.8. The Morgan fingerprint density at radius 2 is 1.75 bits per heavy atom. The molecule has 1 aromatic heterocycles. The number of carbonyl (C=O) groups excluding carboxylic acids is 1. The first-order valence-electron chi connectivity index (χ1n) is 10.5. The van der Waals surface area contributed by atoms with Gasteiger partial charge in [-0.05, 0) is 58.7 Å². The lowest BCUT2D eigenvalue weighted by molar-refractivity contribution is 0.0525. The minimum atomic E-state index is -0.337. The Morgan fingerprint density at radius 1 is 1.12 bits per heavy atom. The molecule has 0 atom stereocenters. The van der Waals surface area contributed by atoms with Gasteiger partial charge in [0.2, 0.25) is 5.75 Å². The van der Waals surface area contributed by atoms with Crippen LogP contribution in [0.2, 0.25) is 0 Å². The SMILES string of the molecule is CCOC(=O)c1c(N=Cc2cc(OC)c(OC)c(OC)c2)sc2c1CC(C)(C)NC2(C)C. The second-order valence-corrected chi connectivity index (χ2v) is 9.84. The number of ether oxygens (including phenoxy) is 4. The lowest BCUT2D eigenvalue weighted by Crippen LogP contribution is -2.55. The van der Waals surface area contributed by atoms with E-state index in [1.165, 1.54) is 11.3 Å². The quantitative estimate of drug-likeness (QED) is 0.470. The summed E-state index contributed by atoms with van der Waals surface area (Å²) in [5.74, 6) is 1.25. The molecule has 7 nitrogen and oxygen atoms in total. The van der Waals surface area contributed by atoms with E-state index in [0.29, 0.717) is 34.4 Å². The van der Waals surface area contributed by atoms with E-state index in [-0.39, 0.29) is 17.0 Å². The third kappa shape index (κ3) is 4.61. The first kappa shape index (κ1) is 24.1. The number of rotatable bonds is 7. The van der Waals surface area contributed by atoms with Crippen LogP contribution < -0.4 is 19.5 Å². The van der Waals surface area contributed by atoms with Gasteiger partial charge in [0.05, 0.1) is 33.5 Å². The van der Waals surface area contributed by atoms with E-state index in [1.807, 2.05) is 19.1 Å². The Kier molecular flexibility index (Phi) is 6.86. The molecule has 0 radical (unpaired) electrons. The summed E-state index contributed by atoms with van der Waals surface area (Å²) in [6, 6.07) is 3.63. The number of thiophene rings is 1. The van der Waals surface area contributed by atoms with Crippen molar-refractivity contribution in [2.45, 2.75) is 52.1 Å². The number of carbonyl (C=O) groups is 1. The summed E-state index contributed by atoms with van der Waals surface area (Å²) >= 11 is 1.52. The highest BCUT2D eigenvalue weighted by molar-refractivity contribution is 7.16. The van der Waals surface area contributed by atoms with Crippen LogP contribution in [0.3, 0.4) is 0 Å². The molecule has 1 aromatic carbocycles. The number of methoxy groups -OCH3 is 3. The normalized spacial score (nSPS) is 16.5. The van der Waals surface area contributed by atoms with E-state index in [4.69, 9.17) is 23.9 Å². The molecular formula is C24H32N2O5S. The molecule has 1 aliphatic heterocycles. The van der Waals surface area contributed by atoms with Crippen LogP contribution in [-0.2, 0) is 16.7 Å². The fourth-order valence-corrected chi connectivity index (χ4v) is 5.54. The van der Waals surface area contributed by atoms with Crippen LogP contribution in [0.15, 0.2) is 17.1 Å². The predicted molar refractivity (Wildman–Crippen MR) is 128 cm³/mol. The number of esters is 1. The zero-order valence-electron chi connectivity index (χ0n) is 20.0. The van der Waals surface area contributed by atoms with E-state index < -0.39 is 0 Å². The van der Waals surface area contributed by atoms with Crippen molar-refractivity contribution in [2.24, 2.45) is 4.99 Å². The van der Waals surface area contributed by atoms with Crippen molar-refractivity contribution in [2.75, 3.05) is 27.9 Å². The smallest absolute Gasteiger partial charge is 0.341 e. The van der Waals surface area contributed by atoms with Crippen molar-refractivity contribution in [1.82, 2.24) is 5.32 Å². The summed E-state index contributed by atoms with van der Waals surface area (Å²) in [5, 5.41) is 4.31. The molecule has 0 spiro atoms. The number of hydrogen-bond donors (Lipinski definition) is 1. The van der Waals surface area contributed by atoms with Gasteiger partial charge in [-0.3, -0.25) is 0 Å². The van der Waals surface area contributed by atoms with Gasteiger partial charge in [0.25, 0.3) is 0 Å². The molecule has 2 aromatic rings. The highest BCUT2D eigenvalue weighted by Gasteiger charge is 2.41. The molecule has 8 heteroatoms. The van der Waals surface area contributed by atoms with Gasteiger partial charge >= 0.3 is 5.97 Å². The monoisotopic (exact) mass is 460 g/mol. The molecule has 32 heavy (non-hydrogen) atoms. The summed E-state index contributed by atoms with van der Waals surface area (Å²) in [6.45, 7) is 10.7. The number of nitrogens with one attached hydrogen (secondary N) is 1. The first-order chi connectivity index (χ1) is 15.1. The molecule has 0 aliphatic carbocycles. The maximum atomic E-state index is 12.9. The van der Waals surface area contributed by atoms with E-state index in [2.05, 4.69) is 33.0 Å². The summed E-state index contributed by atoms with van der Waals surface area (Å²) in [7, 11) is 4.70. The van der Waals surface area contributed by atoms with Gasteiger partial charge in [-0.1, -0.05) is 0 Å². The molecular weight excluding hydrogens is 428 g/mol. The topological polar surface area (TPSA) is 78.4 Å². The number of benzene rings is 1. The Bertz CT molecular complexity index is 1010. The number of nitrogens with zero attached hydrogens (tertiary/aromatic N) is 1. The van der Waals surface area contributed by atoms with Crippen LogP contribution in [0.1, 0.15) is 61.0 Å². The molecule has 2 heterocycles. The van der Waals surface area contributed by atoms with Crippen molar-refractivity contribution in [1.29, 1.82) is 0 Å². The van der Waals surface area contributed by atoms with E-state index in [0.717, 1.165) is 22.4 Å². The molecule has 0 fully saturated rings. The van der Waals surface area contributed by atoms with Crippen LogP contribution >= 0.6 is 11.3 Å². The Hall–Kier alpha value is -2.58. The molecule has 1 aliphatic rings. The first-order valence-corrected chi connectivity index (χ1v) is 11.3. The molecule has 0 bridgehead atoms. The molecule has 0 saturated heterocycles. The Morgan fingerprint density at radius 3 is 2.28 bits per heavy atom. The van der Waals surface area contributed by atoms with E-state index in [9.17, 15) is 4.79 Å². The standard InChI is InChI=1S/C24H32N2O5S/c1-9-31-22(27)18-15-12-23(2,3)26-24(4,5)20(15)32-21(18)25-13-14-10-16(28-6)19(30-8)17(11-14)29-7/h10-11,13,26H,9,12H2,1-8H3. The lowest BCUT2D eigenvalue weighted by Gasteiger charge is -2.42. The fourth-order valence-electron chi connectivity index (χ4n) is 4.33. The highest BCUT2D eigenvalue weighted by atomic mass is 32.1. The number of aliphatic imine (C=N–C) groups is 1. The van der Waals surface area contributed by atoms with Gasteiger partial charge in [0, 0.05) is 27.7 Å². The van der Waals surface area contributed by atoms with Gasteiger partial charge in [0.15, 0.2) is 11.5 Å². The third-order valence-corrected chi connectivity index (χ3v) is 6.79. The van der Waals surface area contributed by atoms with Gasteiger partial charge in [0.1, 0.15) is 5.00 Å². The summed E-state index contributed by atoms with van der Waals surface area (Å²) in [5.41, 5.74) is 1.88. The largest absolute Gasteiger partial charge is 0.493 e. The molecule has 0 amide bonds. The maximum absolute atomic E-state index is 12.9. The van der Waals surface area contributed by atoms with Gasteiger partial charge in [-0.15, -0.1) is 11.3 Å².